The van der Waals surface area contributed by atoms with Crippen LogP contribution in [0.1, 0.15) is 18.4 Å². The molecule has 0 radical (unpaired) electrons. The summed E-state index contributed by atoms with van der Waals surface area (Å²) in [7, 11) is 0. The lowest BCUT2D eigenvalue weighted by Crippen LogP contribution is -2.30. The van der Waals surface area contributed by atoms with Crippen LogP contribution < -0.4 is 5.32 Å². The van der Waals surface area contributed by atoms with Crippen LogP contribution in [0.3, 0.4) is 0 Å². The molecule has 1 aliphatic heterocycles. The maximum absolute atomic E-state index is 8.86. The number of nitrogens with zero attached hydrogens (tertiary/aromatic N) is 3. The molecule has 0 amide bonds. The molecule has 1 fully saturated rings. The van der Waals surface area contributed by atoms with Crippen molar-refractivity contribution in [1.29, 1.82) is 5.26 Å². The predicted molar refractivity (Wildman–Crippen MR) is 54.2 cm³/mol. The summed E-state index contributed by atoms with van der Waals surface area (Å²) in [6, 6.07) is 3.97. The van der Waals surface area contributed by atoms with Gasteiger partial charge >= 0.3 is 0 Å². The maximum atomic E-state index is 8.86. The zero-order valence-corrected chi connectivity index (χ0v) is 8.31. The van der Waals surface area contributed by atoms with Crippen LogP contribution in [-0.2, 0) is 4.74 Å². The Kier molecular flexibility index (Phi) is 3.10. The third kappa shape index (κ3) is 2.42. The van der Waals surface area contributed by atoms with E-state index in [1.54, 1.807) is 6.07 Å². The van der Waals surface area contributed by atoms with Gasteiger partial charge in [0.1, 0.15) is 6.07 Å². The molecule has 1 atom stereocenters. The molecule has 1 aromatic heterocycles. The molecule has 0 bridgehead atoms. The average molecular weight is 204 g/mol. The van der Waals surface area contributed by atoms with Gasteiger partial charge in [0.2, 0.25) is 0 Å². The number of aromatic nitrogens is 2. The quantitative estimate of drug-likeness (QED) is 0.776. The van der Waals surface area contributed by atoms with Crippen molar-refractivity contribution in [2.75, 3.05) is 18.5 Å². The maximum Gasteiger partial charge on any atom is 0.166 e. The molecule has 1 N–H and O–H groups in total. The minimum Gasteiger partial charge on any atom is -0.379 e. The summed E-state index contributed by atoms with van der Waals surface area (Å²) in [4.78, 5) is 0. The Balaban J connectivity index is 2.06. The highest BCUT2D eigenvalue weighted by Crippen LogP contribution is 2.14. The van der Waals surface area contributed by atoms with Gasteiger partial charge in [0.05, 0.1) is 24.4 Å². The number of hydrogen-bond donors (Lipinski definition) is 1. The van der Waals surface area contributed by atoms with E-state index in [0.717, 1.165) is 19.4 Å². The van der Waals surface area contributed by atoms with Crippen LogP contribution >= 0.6 is 0 Å². The molecular formula is C10H12N4O. The molecule has 0 aliphatic carbocycles. The first-order valence-corrected chi connectivity index (χ1v) is 4.96. The molecule has 5 nitrogen and oxygen atoms in total. The standard InChI is InChI=1S/C10H12N4O/c11-6-8-3-4-12-14-10(8)13-9-2-1-5-15-7-9/h3-4,9H,1-2,5,7H2,(H,13,14). The number of nitriles is 1. The van der Waals surface area contributed by atoms with Gasteiger partial charge in [0, 0.05) is 6.61 Å². The molecule has 2 heterocycles. The first-order valence-electron chi connectivity index (χ1n) is 4.96. The van der Waals surface area contributed by atoms with Gasteiger partial charge in [0.15, 0.2) is 5.82 Å². The van der Waals surface area contributed by atoms with Crippen LogP contribution in [0.2, 0.25) is 0 Å². The van der Waals surface area contributed by atoms with E-state index in [-0.39, 0.29) is 6.04 Å². The molecule has 78 valence electrons. The fourth-order valence-corrected chi connectivity index (χ4v) is 1.58. The lowest BCUT2D eigenvalue weighted by molar-refractivity contribution is 0.0875. The molecule has 1 aliphatic rings. The van der Waals surface area contributed by atoms with Gasteiger partial charge < -0.3 is 10.1 Å². The van der Waals surface area contributed by atoms with Gasteiger partial charge in [-0.15, -0.1) is 5.10 Å². The monoisotopic (exact) mass is 204 g/mol. The molecule has 1 saturated heterocycles. The Hall–Kier alpha value is -1.67. The second-order valence-corrected chi connectivity index (χ2v) is 3.46. The molecule has 0 spiro atoms. The topological polar surface area (TPSA) is 70.8 Å². The number of nitrogens with one attached hydrogen (secondary N) is 1. The van der Waals surface area contributed by atoms with Crippen LogP contribution in [0.5, 0.6) is 0 Å². The highest BCUT2D eigenvalue weighted by molar-refractivity contribution is 5.50. The van der Waals surface area contributed by atoms with Gasteiger partial charge in [-0.25, -0.2) is 0 Å². The first-order chi connectivity index (χ1) is 7.40. The minimum atomic E-state index is 0.238. The fourth-order valence-electron chi connectivity index (χ4n) is 1.58. The van der Waals surface area contributed by atoms with Crippen molar-refractivity contribution in [3.8, 4) is 6.07 Å². The summed E-state index contributed by atoms with van der Waals surface area (Å²) in [6.45, 7) is 1.49. The SMILES string of the molecule is N#Cc1ccnnc1NC1CCCOC1. The molecule has 1 aromatic rings. The number of rotatable bonds is 2. The van der Waals surface area contributed by atoms with E-state index < -0.39 is 0 Å². The Bertz CT molecular complexity index is 368. The number of hydrogen-bond acceptors (Lipinski definition) is 5. The van der Waals surface area contributed by atoms with Gasteiger partial charge in [-0.1, -0.05) is 0 Å². The second-order valence-electron chi connectivity index (χ2n) is 3.46. The lowest BCUT2D eigenvalue weighted by atomic mass is 10.1. The molecule has 0 saturated carbocycles. The summed E-state index contributed by atoms with van der Waals surface area (Å²) in [5.74, 6) is 0.551. The zero-order chi connectivity index (χ0) is 10.5. The summed E-state index contributed by atoms with van der Waals surface area (Å²) >= 11 is 0. The fraction of sp³-hybridized carbons (Fsp3) is 0.500. The van der Waals surface area contributed by atoms with Crippen LogP contribution in [0, 0.1) is 11.3 Å². The molecular weight excluding hydrogens is 192 g/mol. The molecule has 2 rings (SSSR count). The van der Waals surface area contributed by atoms with Gasteiger partial charge in [-0.3, -0.25) is 0 Å². The third-order valence-electron chi connectivity index (χ3n) is 2.34. The van der Waals surface area contributed by atoms with E-state index in [4.69, 9.17) is 10.00 Å². The van der Waals surface area contributed by atoms with Crippen LogP contribution in [0.25, 0.3) is 0 Å². The highest BCUT2D eigenvalue weighted by atomic mass is 16.5. The van der Waals surface area contributed by atoms with E-state index in [0.29, 0.717) is 18.0 Å². The molecule has 0 aromatic carbocycles. The van der Waals surface area contributed by atoms with Crippen LogP contribution in [-0.4, -0.2) is 29.5 Å². The van der Waals surface area contributed by atoms with E-state index >= 15 is 0 Å². The van der Waals surface area contributed by atoms with Gasteiger partial charge in [-0.2, -0.15) is 10.4 Å². The smallest absolute Gasteiger partial charge is 0.166 e. The Labute approximate surface area is 88.1 Å². The lowest BCUT2D eigenvalue weighted by Gasteiger charge is -2.23. The number of ether oxygens (including phenoxy) is 1. The van der Waals surface area contributed by atoms with Crippen molar-refractivity contribution < 1.29 is 4.74 Å². The van der Waals surface area contributed by atoms with Gasteiger partial charge in [0.25, 0.3) is 0 Å². The average Bonchev–Trinajstić information content (AvgIpc) is 2.31. The van der Waals surface area contributed by atoms with Crippen molar-refractivity contribution in [3.05, 3.63) is 17.8 Å². The van der Waals surface area contributed by atoms with E-state index in [1.165, 1.54) is 6.20 Å². The highest BCUT2D eigenvalue weighted by Gasteiger charge is 2.15. The number of anilines is 1. The predicted octanol–water partition coefficient (Wildman–Crippen LogP) is 0.939. The summed E-state index contributed by atoms with van der Waals surface area (Å²) in [5.41, 5.74) is 0.524. The first kappa shape index (κ1) is 9.87. The van der Waals surface area contributed by atoms with Gasteiger partial charge in [-0.05, 0) is 18.9 Å². The third-order valence-corrected chi connectivity index (χ3v) is 2.34. The normalized spacial score (nSPS) is 20.6. The Morgan fingerprint density at radius 2 is 2.53 bits per heavy atom. The minimum absolute atomic E-state index is 0.238. The van der Waals surface area contributed by atoms with Crippen LogP contribution in [0.4, 0.5) is 5.82 Å². The van der Waals surface area contributed by atoms with E-state index in [2.05, 4.69) is 21.6 Å². The van der Waals surface area contributed by atoms with Crippen molar-refractivity contribution in [2.45, 2.75) is 18.9 Å². The Morgan fingerprint density at radius 3 is 3.27 bits per heavy atom. The second kappa shape index (κ2) is 4.71. The molecule has 5 heteroatoms. The zero-order valence-electron chi connectivity index (χ0n) is 8.31. The molecule has 15 heavy (non-hydrogen) atoms. The van der Waals surface area contributed by atoms with Crippen molar-refractivity contribution in [3.63, 3.8) is 0 Å². The van der Waals surface area contributed by atoms with Crippen molar-refractivity contribution in [1.82, 2.24) is 10.2 Å². The van der Waals surface area contributed by atoms with Crippen molar-refractivity contribution >= 4 is 5.82 Å². The summed E-state index contributed by atoms with van der Waals surface area (Å²) in [5, 5.41) is 19.7. The Morgan fingerprint density at radius 1 is 1.60 bits per heavy atom. The van der Waals surface area contributed by atoms with E-state index in [9.17, 15) is 0 Å². The van der Waals surface area contributed by atoms with E-state index in [1.807, 2.05) is 0 Å². The largest absolute Gasteiger partial charge is 0.379 e. The molecule has 1 unspecified atom stereocenters. The van der Waals surface area contributed by atoms with Crippen LogP contribution in [0.15, 0.2) is 12.3 Å². The summed E-state index contributed by atoms with van der Waals surface area (Å²) < 4.78 is 5.33. The van der Waals surface area contributed by atoms with Crippen molar-refractivity contribution in [2.24, 2.45) is 0 Å². The summed E-state index contributed by atoms with van der Waals surface area (Å²) in [6.07, 6.45) is 3.60.